The number of aromatic nitrogens is 1. The summed E-state index contributed by atoms with van der Waals surface area (Å²) in [5.41, 5.74) is 8.70. The summed E-state index contributed by atoms with van der Waals surface area (Å²) in [6.45, 7) is 3.11. The molecule has 1 aromatic heterocycles. The quantitative estimate of drug-likeness (QED) is 0.569. The summed E-state index contributed by atoms with van der Waals surface area (Å²) in [4.78, 5) is 11.9. The molecule has 3 aromatic carbocycles. The normalized spacial score (nSPS) is 11.2. The lowest BCUT2D eigenvalue weighted by Crippen LogP contribution is -2.11. The van der Waals surface area contributed by atoms with Crippen LogP contribution in [-0.2, 0) is 6.54 Å². The van der Waals surface area contributed by atoms with Gasteiger partial charge in [-0.25, -0.2) is 4.39 Å². The van der Waals surface area contributed by atoms with Gasteiger partial charge in [0.15, 0.2) is 0 Å². The summed E-state index contributed by atoms with van der Waals surface area (Å²) in [7, 11) is 0. The molecule has 136 valence electrons. The van der Waals surface area contributed by atoms with Crippen molar-refractivity contribution in [2.24, 2.45) is 5.73 Å². The lowest BCUT2D eigenvalue weighted by Gasteiger charge is -2.10. The molecule has 1 heterocycles. The van der Waals surface area contributed by atoms with Gasteiger partial charge in [-0.2, -0.15) is 0 Å². The van der Waals surface area contributed by atoms with Crippen molar-refractivity contribution in [1.82, 2.24) is 4.57 Å². The highest BCUT2D eigenvalue weighted by atomic mass is 19.1. The first-order valence-electron chi connectivity index (χ1n) is 8.80. The van der Waals surface area contributed by atoms with E-state index in [4.69, 9.17) is 10.5 Å². The Labute approximate surface area is 156 Å². The van der Waals surface area contributed by atoms with Gasteiger partial charge in [0, 0.05) is 28.4 Å². The number of hydrogen-bond donors (Lipinski definition) is 1. The van der Waals surface area contributed by atoms with Crippen LogP contribution in [0, 0.1) is 5.82 Å². The predicted molar refractivity (Wildman–Crippen MR) is 105 cm³/mol. The Morgan fingerprint density at radius 2 is 1.89 bits per heavy atom. The van der Waals surface area contributed by atoms with Crippen LogP contribution in [0.5, 0.6) is 5.75 Å². The molecule has 1 amide bonds. The van der Waals surface area contributed by atoms with E-state index in [1.54, 1.807) is 18.2 Å². The van der Waals surface area contributed by atoms with Gasteiger partial charge in [-0.15, -0.1) is 0 Å². The molecule has 0 saturated heterocycles. The molecule has 2 N–H and O–H groups in total. The monoisotopic (exact) mass is 362 g/mol. The molecule has 0 aliphatic carbocycles. The highest BCUT2D eigenvalue weighted by Crippen LogP contribution is 2.33. The second kappa shape index (κ2) is 6.76. The Bertz CT molecular complexity index is 1160. The van der Waals surface area contributed by atoms with Crippen molar-refractivity contribution in [3.8, 4) is 5.75 Å². The molecule has 0 bridgehead atoms. The van der Waals surface area contributed by atoms with Crippen LogP contribution in [0.2, 0.25) is 0 Å². The summed E-state index contributed by atoms with van der Waals surface area (Å²) in [6.07, 6.45) is 0. The summed E-state index contributed by atoms with van der Waals surface area (Å²) < 4.78 is 21.6. The highest BCUT2D eigenvalue weighted by Gasteiger charge is 2.17. The average molecular weight is 362 g/mol. The van der Waals surface area contributed by atoms with E-state index in [0.29, 0.717) is 29.5 Å². The Morgan fingerprint density at radius 3 is 2.67 bits per heavy atom. The van der Waals surface area contributed by atoms with Gasteiger partial charge in [0.2, 0.25) is 5.91 Å². The first-order valence-corrected chi connectivity index (χ1v) is 8.80. The molecular formula is C22H19FN2O2. The zero-order chi connectivity index (χ0) is 19.0. The zero-order valence-corrected chi connectivity index (χ0v) is 14.9. The molecule has 4 aromatic rings. The lowest BCUT2D eigenvalue weighted by molar-refractivity contribution is 0.100. The third-order valence-corrected chi connectivity index (χ3v) is 4.67. The van der Waals surface area contributed by atoms with Gasteiger partial charge in [0.1, 0.15) is 11.6 Å². The summed E-state index contributed by atoms with van der Waals surface area (Å²) in [6, 6.07) is 17.9. The van der Waals surface area contributed by atoms with Gasteiger partial charge < -0.3 is 15.0 Å². The van der Waals surface area contributed by atoms with Crippen molar-refractivity contribution in [3.63, 3.8) is 0 Å². The van der Waals surface area contributed by atoms with Crippen LogP contribution in [0.3, 0.4) is 0 Å². The third kappa shape index (κ3) is 3.01. The maximum atomic E-state index is 13.9. The van der Waals surface area contributed by atoms with E-state index < -0.39 is 5.91 Å². The number of hydrogen-bond acceptors (Lipinski definition) is 2. The Balaban J connectivity index is 1.95. The smallest absolute Gasteiger partial charge is 0.249 e. The molecule has 0 unspecified atom stereocenters. The Kier molecular flexibility index (Phi) is 4.28. The standard InChI is InChI=1S/C22H19FN2O2/c1-2-27-16-6-3-5-14(11-16)13-25-19-10-9-15(23)12-18(19)21-17(22(24)26)7-4-8-20(21)25/h3-12H,2,13H2,1H3,(H2,24,26). The van der Waals surface area contributed by atoms with Crippen LogP contribution in [-0.4, -0.2) is 17.1 Å². The van der Waals surface area contributed by atoms with Gasteiger partial charge in [-0.05, 0) is 55.0 Å². The molecule has 0 spiro atoms. The molecule has 27 heavy (non-hydrogen) atoms. The molecule has 4 rings (SSSR count). The second-order valence-corrected chi connectivity index (χ2v) is 6.39. The molecule has 0 atom stereocenters. The van der Waals surface area contributed by atoms with Crippen LogP contribution < -0.4 is 10.5 Å². The predicted octanol–water partition coefficient (Wildman–Crippen LogP) is 4.48. The lowest BCUT2D eigenvalue weighted by atomic mass is 10.1. The van der Waals surface area contributed by atoms with Gasteiger partial charge in [0.05, 0.1) is 12.1 Å². The topological polar surface area (TPSA) is 57.2 Å². The van der Waals surface area contributed by atoms with Crippen LogP contribution in [0.1, 0.15) is 22.8 Å². The number of amides is 1. The van der Waals surface area contributed by atoms with Gasteiger partial charge >= 0.3 is 0 Å². The maximum absolute atomic E-state index is 13.9. The average Bonchev–Trinajstić information content (AvgIpc) is 2.95. The van der Waals surface area contributed by atoms with Crippen LogP contribution in [0.4, 0.5) is 4.39 Å². The largest absolute Gasteiger partial charge is 0.494 e. The molecule has 5 heteroatoms. The minimum absolute atomic E-state index is 0.348. The number of rotatable bonds is 5. The molecule has 0 aliphatic heterocycles. The van der Waals surface area contributed by atoms with Crippen molar-refractivity contribution >= 4 is 27.7 Å². The van der Waals surface area contributed by atoms with Gasteiger partial charge in [0.25, 0.3) is 0 Å². The van der Waals surface area contributed by atoms with Crippen molar-refractivity contribution < 1.29 is 13.9 Å². The number of ether oxygens (including phenoxy) is 1. The number of halogens is 1. The van der Waals surface area contributed by atoms with E-state index in [9.17, 15) is 9.18 Å². The van der Waals surface area contributed by atoms with Crippen molar-refractivity contribution in [2.75, 3.05) is 6.61 Å². The van der Waals surface area contributed by atoms with Crippen molar-refractivity contribution in [3.05, 3.63) is 77.6 Å². The maximum Gasteiger partial charge on any atom is 0.249 e. The molecular weight excluding hydrogens is 343 g/mol. The van der Waals surface area contributed by atoms with Crippen LogP contribution in [0.15, 0.2) is 60.7 Å². The molecule has 0 saturated carbocycles. The first-order chi connectivity index (χ1) is 13.1. The fraction of sp³-hybridized carbons (Fsp3) is 0.136. The molecule has 0 aliphatic rings. The van der Waals surface area contributed by atoms with E-state index >= 15 is 0 Å². The fourth-order valence-electron chi connectivity index (χ4n) is 3.58. The number of fused-ring (bicyclic) bond motifs is 3. The number of nitrogens with zero attached hydrogens (tertiary/aromatic N) is 1. The van der Waals surface area contributed by atoms with Gasteiger partial charge in [-0.1, -0.05) is 18.2 Å². The number of carbonyl (C=O) groups excluding carboxylic acids is 1. The van der Waals surface area contributed by atoms with E-state index in [1.807, 2.05) is 37.3 Å². The Hall–Kier alpha value is -3.34. The first kappa shape index (κ1) is 17.1. The third-order valence-electron chi connectivity index (χ3n) is 4.67. The minimum atomic E-state index is -0.526. The van der Waals surface area contributed by atoms with Crippen LogP contribution in [0.25, 0.3) is 21.8 Å². The van der Waals surface area contributed by atoms with E-state index in [2.05, 4.69) is 4.57 Å². The molecule has 4 nitrogen and oxygen atoms in total. The van der Waals surface area contributed by atoms with Crippen LogP contribution >= 0.6 is 0 Å². The molecule has 0 radical (unpaired) electrons. The van der Waals surface area contributed by atoms with Gasteiger partial charge in [-0.3, -0.25) is 4.79 Å². The number of benzene rings is 3. The van der Waals surface area contributed by atoms with E-state index in [0.717, 1.165) is 22.3 Å². The SMILES string of the molecule is CCOc1cccc(Cn2c3ccc(F)cc3c3c(C(N)=O)cccc32)c1. The van der Waals surface area contributed by atoms with E-state index in [1.165, 1.54) is 12.1 Å². The number of nitrogens with two attached hydrogens (primary N) is 1. The summed E-state index contributed by atoms with van der Waals surface area (Å²) in [5, 5.41) is 1.36. The Morgan fingerprint density at radius 1 is 1.07 bits per heavy atom. The summed E-state index contributed by atoms with van der Waals surface area (Å²) >= 11 is 0. The second-order valence-electron chi connectivity index (χ2n) is 6.39. The van der Waals surface area contributed by atoms with Crippen molar-refractivity contribution in [1.29, 1.82) is 0 Å². The summed E-state index contributed by atoms with van der Waals surface area (Å²) in [5.74, 6) is -0.0685. The number of primary amides is 1. The fourth-order valence-corrected chi connectivity index (χ4v) is 3.58. The highest BCUT2D eigenvalue weighted by molar-refractivity contribution is 6.17. The number of carbonyl (C=O) groups is 1. The zero-order valence-electron chi connectivity index (χ0n) is 14.9. The van der Waals surface area contributed by atoms with Crippen molar-refractivity contribution in [2.45, 2.75) is 13.5 Å². The molecule has 0 fully saturated rings. The van der Waals surface area contributed by atoms with E-state index in [-0.39, 0.29) is 5.82 Å². The minimum Gasteiger partial charge on any atom is -0.494 e.